The second-order valence-corrected chi connectivity index (χ2v) is 7.45. The summed E-state index contributed by atoms with van der Waals surface area (Å²) in [5.74, 6) is -0.553. The van der Waals surface area contributed by atoms with E-state index in [-0.39, 0.29) is 6.54 Å². The van der Waals surface area contributed by atoms with Crippen LogP contribution in [0.2, 0.25) is 0 Å². The van der Waals surface area contributed by atoms with Crippen LogP contribution >= 0.6 is 11.3 Å². The molecule has 0 radical (unpaired) electrons. The van der Waals surface area contributed by atoms with Crippen molar-refractivity contribution in [3.63, 3.8) is 0 Å². The smallest absolute Gasteiger partial charge is 0.313 e. The predicted molar refractivity (Wildman–Crippen MR) is 114 cm³/mol. The number of amides is 2. The molecule has 0 bridgehead atoms. The van der Waals surface area contributed by atoms with Crippen LogP contribution in [0.5, 0.6) is 11.5 Å². The fraction of sp³-hybridized carbons (Fsp3) is 0.182. The van der Waals surface area contributed by atoms with Crippen LogP contribution < -0.4 is 20.1 Å². The Morgan fingerprint density at radius 3 is 2.47 bits per heavy atom. The molecule has 7 nitrogen and oxygen atoms in total. The fourth-order valence-corrected chi connectivity index (χ4v) is 3.69. The molecule has 2 aromatic carbocycles. The lowest BCUT2D eigenvalue weighted by atomic mass is 10.0. The number of hydrogen-bond acceptors (Lipinski definition) is 6. The van der Waals surface area contributed by atoms with Crippen molar-refractivity contribution in [1.29, 1.82) is 0 Å². The average molecular weight is 424 g/mol. The van der Waals surface area contributed by atoms with E-state index in [0.717, 1.165) is 11.1 Å². The van der Waals surface area contributed by atoms with Crippen molar-refractivity contribution in [2.24, 2.45) is 0 Å². The number of benzene rings is 2. The molecule has 8 heteroatoms. The zero-order valence-corrected chi connectivity index (χ0v) is 16.8. The number of hydrogen-bond donors (Lipinski definition) is 3. The van der Waals surface area contributed by atoms with Crippen molar-refractivity contribution >= 4 is 28.8 Å². The van der Waals surface area contributed by atoms with Crippen molar-refractivity contribution in [3.8, 4) is 22.6 Å². The van der Waals surface area contributed by atoms with Crippen LogP contribution in [0.3, 0.4) is 0 Å². The van der Waals surface area contributed by atoms with Gasteiger partial charge in [-0.15, -0.1) is 0 Å². The summed E-state index contributed by atoms with van der Waals surface area (Å²) >= 11 is 1.62. The van der Waals surface area contributed by atoms with Crippen LogP contribution in [0, 0.1) is 0 Å². The number of rotatable bonds is 5. The summed E-state index contributed by atoms with van der Waals surface area (Å²) in [7, 11) is 0. The summed E-state index contributed by atoms with van der Waals surface area (Å²) in [5.41, 5.74) is 3.24. The summed E-state index contributed by atoms with van der Waals surface area (Å²) < 4.78 is 10.9. The van der Waals surface area contributed by atoms with E-state index in [1.165, 1.54) is 0 Å². The summed E-state index contributed by atoms with van der Waals surface area (Å²) in [6.07, 6.45) is -0.924. The van der Waals surface area contributed by atoms with E-state index in [9.17, 15) is 14.7 Å². The first-order chi connectivity index (χ1) is 14.6. The topological polar surface area (TPSA) is 96.9 Å². The highest BCUT2D eigenvalue weighted by Gasteiger charge is 2.18. The second-order valence-electron chi connectivity index (χ2n) is 6.67. The first kappa shape index (κ1) is 19.9. The van der Waals surface area contributed by atoms with Gasteiger partial charge in [-0.3, -0.25) is 9.59 Å². The van der Waals surface area contributed by atoms with Gasteiger partial charge in [0.2, 0.25) is 0 Å². The Morgan fingerprint density at radius 1 is 0.967 bits per heavy atom. The number of carbonyl (C=O) groups is 2. The Morgan fingerprint density at radius 2 is 1.73 bits per heavy atom. The molecule has 154 valence electrons. The lowest BCUT2D eigenvalue weighted by Gasteiger charge is -2.19. The van der Waals surface area contributed by atoms with Crippen LogP contribution in [0.4, 0.5) is 5.69 Å². The number of fused-ring (bicyclic) bond motifs is 1. The Hall–Kier alpha value is -3.36. The van der Waals surface area contributed by atoms with Gasteiger partial charge in [0.1, 0.15) is 13.2 Å². The third-order valence-corrected chi connectivity index (χ3v) is 5.30. The van der Waals surface area contributed by atoms with Crippen molar-refractivity contribution in [2.75, 3.05) is 25.1 Å². The molecule has 0 unspecified atom stereocenters. The van der Waals surface area contributed by atoms with Gasteiger partial charge in [0, 0.05) is 18.3 Å². The van der Waals surface area contributed by atoms with Crippen molar-refractivity contribution in [2.45, 2.75) is 6.10 Å². The van der Waals surface area contributed by atoms with Gasteiger partial charge < -0.3 is 25.2 Å². The number of thiophene rings is 1. The number of nitrogens with one attached hydrogen (secondary N) is 2. The van der Waals surface area contributed by atoms with Gasteiger partial charge in [-0.25, -0.2) is 0 Å². The van der Waals surface area contributed by atoms with Gasteiger partial charge in [0.25, 0.3) is 0 Å². The first-order valence-electron chi connectivity index (χ1n) is 9.39. The molecule has 1 aliphatic heterocycles. The van der Waals surface area contributed by atoms with Crippen molar-refractivity contribution in [1.82, 2.24) is 5.32 Å². The van der Waals surface area contributed by atoms with Crippen molar-refractivity contribution < 1.29 is 24.2 Å². The van der Waals surface area contributed by atoms with E-state index < -0.39 is 17.9 Å². The largest absolute Gasteiger partial charge is 0.486 e. The highest BCUT2D eigenvalue weighted by Crippen LogP contribution is 2.32. The summed E-state index contributed by atoms with van der Waals surface area (Å²) in [4.78, 5) is 24.2. The van der Waals surface area contributed by atoms with Gasteiger partial charge in [0.15, 0.2) is 11.5 Å². The number of aliphatic hydroxyl groups excluding tert-OH is 1. The maximum Gasteiger partial charge on any atom is 0.313 e. The Bertz CT molecular complexity index is 1030. The molecule has 0 aliphatic carbocycles. The molecule has 0 saturated carbocycles. The SMILES string of the molecule is O=C(NC[C@@H](O)c1ccc(-c2ccsc2)cc1)C(=O)Nc1ccc2c(c1)OCCO2. The van der Waals surface area contributed by atoms with Crippen LogP contribution in [0.1, 0.15) is 11.7 Å². The lowest BCUT2D eigenvalue weighted by Crippen LogP contribution is -2.37. The minimum Gasteiger partial charge on any atom is -0.486 e. The molecule has 1 aromatic heterocycles. The van der Waals surface area contributed by atoms with E-state index in [0.29, 0.717) is 36.0 Å². The number of ether oxygens (including phenoxy) is 2. The zero-order chi connectivity index (χ0) is 20.9. The predicted octanol–water partition coefficient (Wildman–Crippen LogP) is 2.97. The van der Waals surface area contributed by atoms with Crippen molar-refractivity contribution in [3.05, 3.63) is 64.9 Å². The molecule has 30 heavy (non-hydrogen) atoms. The van der Waals surface area contributed by atoms with E-state index in [4.69, 9.17) is 9.47 Å². The maximum absolute atomic E-state index is 12.1. The van der Waals surface area contributed by atoms with E-state index in [1.54, 1.807) is 41.7 Å². The van der Waals surface area contributed by atoms with Gasteiger partial charge in [-0.05, 0) is 45.6 Å². The van der Waals surface area contributed by atoms with Crippen LogP contribution in [0.15, 0.2) is 59.3 Å². The molecule has 0 spiro atoms. The molecule has 0 saturated heterocycles. The van der Waals surface area contributed by atoms with Gasteiger partial charge in [0.05, 0.1) is 6.10 Å². The summed E-state index contributed by atoms with van der Waals surface area (Å²) in [6, 6.07) is 14.4. The van der Waals surface area contributed by atoms with E-state index in [2.05, 4.69) is 10.6 Å². The fourth-order valence-electron chi connectivity index (χ4n) is 3.02. The van der Waals surface area contributed by atoms with E-state index >= 15 is 0 Å². The van der Waals surface area contributed by atoms with Gasteiger partial charge in [-0.2, -0.15) is 11.3 Å². The zero-order valence-electron chi connectivity index (χ0n) is 16.0. The number of anilines is 1. The number of aliphatic hydroxyl groups is 1. The quantitative estimate of drug-likeness (QED) is 0.547. The van der Waals surface area contributed by atoms with Crippen LogP contribution in [-0.4, -0.2) is 36.7 Å². The Labute approximate surface area is 177 Å². The third kappa shape index (κ3) is 4.61. The first-order valence-corrected chi connectivity index (χ1v) is 10.3. The summed E-state index contributed by atoms with van der Waals surface area (Å²) in [6.45, 7) is 0.822. The minimum atomic E-state index is -0.924. The van der Waals surface area contributed by atoms with Crippen LogP contribution in [-0.2, 0) is 9.59 Å². The normalized spacial score (nSPS) is 13.4. The molecule has 4 rings (SSSR count). The molecule has 2 amide bonds. The van der Waals surface area contributed by atoms with E-state index in [1.807, 2.05) is 29.0 Å². The molecule has 1 atom stereocenters. The third-order valence-electron chi connectivity index (χ3n) is 4.61. The highest BCUT2D eigenvalue weighted by atomic mass is 32.1. The molecule has 3 N–H and O–H groups in total. The lowest BCUT2D eigenvalue weighted by molar-refractivity contribution is -0.136. The standard InChI is InChI=1S/C22H20N2O5S/c25-18(15-3-1-14(2-4-15)16-7-10-30-13-16)12-23-21(26)22(27)24-17-5-6-19-20(11-17)29-9-8-28-19/h1-7,10-11,13,18,25H,8-9,12H2,(H,23,26)(H,24,27)/t18-/m1/s1. The average Bonchev–Trinajstić information content (AvgIpc) is 3.32. The molecular weight excluding hydrogens is 404 g/mol. The second kappa shape index (κ2) is 8.98. The molecule has 3 aromatic rings. The highest BCUT2D eigenvalue weighted by molar-refractivity contribution is 7.08. The number of carbonyl (C=O) groups excluding carboxylic acids is 2. The van der Waals surface area contributed by atoms with Gasteiger partial charge >= 0.3 is 11.8 Å². The minimum absolute atomic E-state index is 0.0782. The molecule has 1 aliphatic rings. The monoisotopic (exact) mass is 424 g/mol. The van der Waals surface area contributed by atoms with Gasteiger partial charge in [-0.1, -0.05) is 24.3 Å². The summed E-state index contributed by atoms with van der Waals surface area (Å²) in [5, 5.41) is 19.3. The van der Waals surface area contributed by atoms with Crippen LogP contribution in [0.25, 0.3) is 11.1 Å². The maximum atomic E-state index is 12.1. The molecule has 0 fully saturated rings. The molecular formula is C22H20N2O5S. The Balaban J connectivity index is 1.30. The Kier molecular flexibility index (Phi) is 5.97. The molecule has 2 heterocycles.